The summed E-state index contributed by atoms with van der Waals surface area (Å²) in [6.45, 7) is 6.22. The number of ether oxygens (including phenoxy) is 4. The Kier molecular flexibility index (Phi) is 7.67. The fourth-order valence-corrected chi connectivity index (χ4v) is 2.20. The molecule has 1 saturated heterocycles. The second kappa shape index (κ2) is 9.24. The Labute approximate surface area is 140 Å². The number of hydrogen-bond acceptors (Lipinski definition) is 8. The van der Waals surface area contributed by atoms with E-state index in [0.717, 1.165) is 0 Å². The summed E-state index contributed by atoms with van der Waals surface area (Å²) < 4.78 is 20.3. The van der Waals surface area contributed by atoms with Crippen LogP contribution in [0.4, 0.5) is 0 Å². The second-order valence-corrected chi connectivity index (χ2v) is 6.02. The molecule has 0 radical (unpaired) electrons. The quantitative estimate of drug-likeness (QED) is 0.478. The van der Waals surface area contributed by atoms with Crippen molar-refractivity contribution in [2.75, 3.05) is 0 Å². The van der Waals surface area contributed by atoms with Gasteiger partial charge in [0.25, 0.3) is 0 Å². The molecule has 4 atom stereocenters. The summed E-state index contributed by atoms with van der Waals surface area (Å²) >= 11 is 0. The maximum Gasteiger partial charge on any atom is 0.309 e. The van der Waals surface area contributed by atoms with Crippen LogP contribution in [0, 0.1) is 0 Å². The summed E-state index contributed by atoms with van der Waals surface area (Å²) in [4.78, 5) is 47.0. The predicted octanol–water partition coefficient (Wildman–Crippen LogP) is 1.29. The molecule has 8 heteroatoms. The Hall–Kier alpha value is -2.12. The van der Waals surface area contributed by atoms with E-state index in [-0.39, 0.29) is 25.7 Å². The summed E-state index contributed by atoms with van der Waals surface area (Å²) in [6.07, 6.45) is -3.24. The highest BCUT2D eigenvalue weighted by atomic mass is 16.6. The molecule has 0 amide bonds. The molecule has 0 spiro atoms. The Balaban J connectivity index is 2.76. The van der Waals surface area contributed by atoms with Crippen molar-refractivity contribution >= 4 is 23.9 Å². The smallest absolute Gasteiger partial charge is 0.309 e. The third-order valence-corrected chi connectivity index (χ3v) is 3.15. The second-order valence-electron chi connectivity index (χ2n) is 6.02. The zero-order chi connectivity index (χ0) is 18.3. The van der Waals surface area contributed by atoms with E-state index < -0.39 is 48.3 Å². The lowest BCUT2D eigenvalue weighted by Crippen LogP contribution is -2.29. The fourth-order valence-electron chi connectivity index (χ4n) is 2.20. The highest BCUT2D eigenvalue weighted by molar-refractivity contribution is 5.75. The van der Waals surface area contributed by atoms with Gasteiger partial charge in [-0.05, 0) is 27.7 Å². The van der Waals surface area contributed by atoms with Crippen LogP contribution in [0.2, 0.25) is 0 Å². The van der Waals surface area contributed by atoms with E-state index in [1.807, 2.05) is 0 Å². The van der Waals surface area contributed by atoms with Crippen molar-refractivity contribution in [3.8, 4) is 0 Å². The number of carbonyl (C=O) groups excluding carboxylic acids is 4. The van der Waals surface area contributed by atoms with Crippen LogP contribution in [-0.4, -0.2) is 48.3 Å². The predicted molar refractivity (Wildman–Crippen MR) is 80.7 cm³/mol. The average molecular weight is 344 g/mol. The van der Waals surface area contributed by atoms with E-state index in [2.05, 4.69) is 0 Å². The molecular weight excluding hydrogens is 320 g/mol. The van der Waals surface area contributed by atoms with E-state index in [1.54, 1.807) is 27.7 Å². The van der Waals surface area contributed by atoms with Crippen LogP contribution in [-0.2, 0) is 38.1 Å². The van der Waals surface area contributed by atoms with Gasteiger partial charge in [0, 0.05) is 0 Å². The van der Waals surface area contributed by atoms with Crippen LogP contribution in [0.3, 0.4) is 0 Å². The van der Waals surface area contributed by atoms with E-state index in [4.69, 9.17) is 18.9 Å². The first kappa shape index (κ1) is 19.9. The van der Waals surface area contributed by atoms with Crippen molar-refractivity contribution in [2.24, 2.45) is 0 Å². The van der Waals surface area contributed by atoms with E-state index in [9.17, 15) is 19.2 Å². The minimum absolute atomic E-state index is 0.129. The maximum absolute atomic E-state index is 11.7. The fraction of sp³-hybridized carbons (Fsp3) is 0.750. The molecule has 0 bridgehead atoms. The van der Waals surface area contributed by atoms with Gasteiger partial charge in [-0.3, -0.25) is 19.2 Å². The Morgan fingerprint density at radius 3 is 0.833 bits per heavy atom. The molecule has 1 heterocycles. The molecule has 1 aliphatic heterocycles. The van der Waals surface area contributed by atoms with Gasteiger partial charge in [-0.1, -0.05) is 0 Å². The van der Waals surface area contributed by atoms with Crippen molar-refractivity contribution in [2.45, 2.75) is 77.8 Å². The van der Waals surface area contributed by atoms with Crippen LogP contribution in [0.25, 0.3) is 0 Å². The molecule has 1 aliphatic rings. The summed E-state index contributed by atoms with van der Waals surface area (Å²) in [7, 11) is 0. The summed E-state index contributed by atoms with van der Waals surface area (Å²) in [5.41, 5.74) is 0. The summed E-state index contributed by atoms with van der Waals surface area (Å²) in [5, 5.41) is 0. The summed E-state index contributed by atoms with van der Waals surface area (Å²) in [5.74, 6) is -2.30. The number of carbonyl (C=O) groups is 4. The SMILES string of the molecule is CC1CC(=O)O[C@@H](C)CC(=O)O[C@@H](C)CC(=O)O[C@@H](C)CC(=O)O1. The standard InChI is InChI=1S/C16H24O8/c1-9-5-13(17)22-11(3)7-15(19)24-12(4)8-16(20)23-10(2)6-14(18)21-9/h9-12H,5-8H2,1-4H3/t9-,10-,11-,12?/m0/s1. The lowest BCUT2D eigenvalue weighted by atomic mass is 10.2. The first-order chi connectivity index (χ1) is 11.2. The summed E-state index contributed by atoms with van der Waals surface area (Å²) in [6, 6.07) is 0. The van der Waals surface area contributed by atoms with Crippen molar-refractivity contribution < 1.29 is 38.1 Å². The van der Waals surface area contributed by atoms with Gasteiger partial charge in [0.05, 0.1) is 25.7 Å². The van der Waals surface area contributed by atoms with Crippen molar-refractivity contribution in [3.05, 3.63) is 0 Å². The monoisotopic (exact) mass is 344 g/mol. The van der Waals surface area contributed by atoms with Crippen molar-refractivity contribution in [1.82, 2.24) is 0 Å². The van der Waals surface area contributed by atoms with Gasteiger partial charge in [-0.25, -0.2) is 0 Å². The minimum atomic E-state index is -0.681. The Morgan fingerprint density at radius 2 is 0.667 bits per heavy atom. The van der Waals surface area contributed by atoms with Crippen LogP contribution < -0.4 is 0 Å². The molecule has 1 fully saturated rings. The van der Waals surface area contributed by atoms with E-state index >= 15 is 0 Å². The van der Waals surface area contributed by atoms with Gasteiger partial charge < -0.3 is 18.9 Å². The van der Waals surface area contributed by atoms with Gasteiger partial charge in [0.1, 0.15) is 24.4 Å². The molecule has 24 heavy (non-hydrogen) atoms. The molecule has 0 N–H and O–H groups in total. The molecule has 0 aromatic carbocycles. The highest BCUT2D eigenvalue weighted by Crippen LogP contribution is 2.11. The van der Waals surface area contributed by atoms with Gasteiger partial charge >= 0.3 is 23.9 Å². The average Bonchev–Trinajstić information content (AvgIpc) is 2.34. The van der Waals surface area contributed by atoms with Crippen LogP contribution in [0.15, 0.2) is 0 Å². The normalized spacial score (nSPS) is 31.5. The van der Waals surface area contributed by atoms with Crippen molar-refractivity contribution in [1.29, 1.82) is 0 Å². The zero-order valence-corrected chi connectivity index (χ0v) is 14.4. The molecule has 0 saturated carbocycles. The first-order valence-corrected chi connectivity index (χ1v) is 7.93. The van der Waals surface area contributed by atoms with Gasteiger partial charge in [-0.2, -0.15) is 0 Å². The molecule has 8 nitrogen and oxygen atoms in total. The van der Waals surface area contributed by atoms with Crippen LogP contribution >= 0.6 is 0 Å². The van der Waals surface area contributed by atoms with Crippen LogP contribution in [0.5, 0.6) is 0 Å². The van der Waals surface area contributed by atoms with Gasteiger partial charge in [-0.15, -0.1) is 0 Å². The van der Waals surface area contributed by atoms with Gasteiger partial charge in [0.15, 0.2) is 0 Å². The number of hydrogen-bond donors (Lipinski definition) is 0. The molecule has 136 valence electrons. The molecule has 0 aliphatic carbocycles. The Bertz CT molecular complexity index is 366. The molecule has 0 aromatic heterocycles. The number of esters is 4. The van der Waals surface area contributed by atoms with Crippen LogP contribution in [0.1, 0.15) is 53.4 Å². The third kappa shape index (κ3) is 7.94. The van der Waals surface area contributed by atoms with Crippen molar-refractivity contribution in [3.63, 3.8) is 0 Å². The molecular formula is C16H24O8. The lowest BCUT2D eigenvalue weighted by molar-refractivity contribution is -0.164. The lowest BCUT2D eigenvalue weighted by Gasteiger charge is -2.20. The highest BCUT2D eigenvalue weighted by Gasteiger charge is 2.23. The third-order valence-electron chi connectivity index (χ3n) is 3.15. The van der Waals surface area contributed by atoms with E-state index in [1.165, 1.54) is 0 Å². The molecule has 0 aromatic rings. The molecule has 1 unspecified atom stereocenters. The number of rotatable bonds is 0. The van der Waals surface area contributed by atoms with Gasteiger partial charge in [0.2, 0.25) is 0 Å². The topological polar surface area (TPSA) is 105 Å². The zero-order valence-electron chi connectivity index (χ0n) is 14.4. The number of cyclic esters (lactones) is 4. The Morgan fingerprint density at radius 1 is 0.500 bits per heavy atom. The maximum atomic E-state index is 11.7. The largest absolute Gasteiger partial charge is 0.462 e. The molecule has 1 rings (SSSR count). The van der Waals surface area contributed by atoms with E-state index in [0.29, 0.717) is 0 Å². The first-order valence-electron chi connectivity index (χ1n) is 7.93. The minimum Gasteiger partial charge on any atom is -0.462 e.